The summed E-state index contributed by atoms with van der Waals surface area (Å²) in [5.74, 6) is -0.990. The quantitative estimate of drug-likeness (QED) is 0.773. The van der Waals surface area contributed by atoms with Gasteiger partial charge in [0.1, 0.15) is 0 Å². The van der Waals surface area contributed by atoms with E-state index in [9.17, 15) is 4.79 Å². The van der Waals surface area contributed by atoms with E-state index in [4.69, 9.17) is 5.11 Å². The third kappa shape index (κ3) is 2.10. The summed E-state index contributed by atoms with van der Waals surface area (Å²) < 4.78 is 1.65. The van der Waals surface area contributed by atoms with Crippen LogP contribution in [0.15, 0.2) is 0 Å². The average molecular weight is 197 g/mol. The van der Waals surface area contributed by atoms with Gasteiger partial charge in [-0.15, -0.1) is 5.10 Å². The first kappa shape index (κ1) is 10.7. The fourth-order valence-electron chi connectivity index (χ4n) is 1.34. The molecule has 0 saturated carbocycles. The zero-order valence-electron chi connectivity index (χ0n) is 8.53. The number of carboxylic acids is 1. The summed E-state index contributed by atoms with van der Waals surface area (Å²) >= 11 is 0. The molecule has 0 unspecified atom stereocenters. The second-order valence-electron chi connectivity index (χ2n) is 3.11. The monoisotopic (exact) mass is 197 g/mol. The lowest BCUT2D eigenvalue weighted by Crippen LogP contribution is -2.07. The van der Waals surface area contributed by atoms with Gasteiger partial charge in [-0.25, -0.2) is 9.48 Å². The van der Waals surface area contributed by atoms with Crippen molar-refractivity contribution in [3.05, 3.63) is 11.4 Å². The van der Waals surface area contributed by atoms with Crippen LogP contribution in [0.1, 0.15) is 42.9 Å². The number of unbranched alkanes of at least 4 members (excludes halogenated alkanes) is 1. The minimum Gasteiger partial charge on any atom is -0.476 e. The zero-order valence-corrected chi connectivity index (χ0v) is 8.53. The van der Waals surface area contributed by atoms with Gasteiger partial charge in [-0.1, -0.05) is 18.6 Å². The predicted molar refractivity (Wildman–Crippen MR) is 51.3 cm³/mol. The summed E-state index contributed by atoms with van der Waals surface area (Å²) in [5.41, 5.74) is 0.835. The maximum atomic E-state index is 10.8. The largest absolute Gasteiger partial charge is 0.476 e. The van der Waals surface area contributed by atoms with Crippen LogP contribution in [-0.4, -0.2) is 26.1 Å². The van der Waals surface area contributed by atoms with Crippen LogP contribution < -0.4 is 0 Å². The van der Waals surface area contributed by atoms with E-state index in [-0.39, 0.29) is 5.69 Å². The topological polar surface area (TPSA) is 68.0 Å². The number of nitrogens with zero attached hydrogens (tertiary/aromatic N) is 3. The molecule has 0 radical (unpaired) electrons. The highest BCUT2D eigenvalue weighted by molar-refractivity contribution is 5.86. The number of hydrogen-bond donors (Lipinski definition) is 1. The molecule has 1 N–H and O–H groups in total. The maximum absolute atomic E-state index is 10.8. The minimum absolute atomic E-state index is 0.0975. The molecule has 5 heteroatoms. The van der Waals surface area contributed by atoms with Crippen LogP contribution in [0.25, 0.3) is 0 Å². The van der Waals surface area contributed by atoms with Crippen LogP contribution in [0, 0.1) is 0 Å². The summed E-state index contributed by atoms with van der Waals surface area (Å²) in [5, 5.41) is 16.3. The molecule has 0 saturated heterocycles. The zero-order chi connectivity index (χ0) is 10.6. The van der Waals surface area contributed by atoms with Gasteiger partial charge in [0.15, 0.2) is 5.69 Å². The molecule has 14 heavy (non-hydrogen) atoms. The fraction of sp³-hybridized carbons (Fsp3) is 0.667. The van der Waals surface area contributed by atoms with Crippen molar-refractivity contribution in [2.24, 2.45) is 0 Å². The van der Waals surface area contributed by atoms with Gasteiger partial charge in [-0.3, -0.25) is 0 Å². The second-order valence-corrected chi connectivity index (χ2v) is 3.11. The summed E-state index contributed by atoms with van der Waals surface area (Å²) in [6.07, 6.45) is 2.74. The molecule has 1 heterocycles. The molecule has 1 aromatic rings. The fourth-order valence-corrected chi connectivity index (χ4v) is 1.34. The Hall–Kier alpha value is -1.39. The lowest BCUT2D eigenvalue weighted by atomic mass is 10.1. The van der Waals surface area contributed by atoms with E-state index < -0.39 is 5.97 Å². The molecule has 0 amide bonds. The van der Waals surface area contributed by atoms with E-state index in [1.54, 1.807) is 4.68 Å². The molecule has 0 aromatic carbocycles. The summed E-state index contributed by atoms with van der Waals surface area (Å²) in [7, 11) is 0. The molecule has 0 atom stereocenters. The van der Waals surface area contributed by atoms with Gasteiger partial charge in [0.25, 0.3) is 0 Å². The van der Waals surface area contributed by atoms with Crippen LogP contribution in [0.4, 0.5) is 0 Å². The Labute approximate surface area is 82.7 Å². The van der Waals surface area contributed by atoms with Crippen LogP contribution in [-0.2, 0) is 13.0 Å². The molecule has 0 aliphatic rings. The van der Waals surface area contributed by atoms with Gasteiger partial charge in [-0.05, 0) is 19.8 Å². The summed E-state index contributed by atoms with van der Waals surface area (Å²) in [6, 6.07) is 0. The Morgan fingerprint density at radius 1 is 1.50 bits per heavy atom. The second kappa shape index (κ2) is 4.74. The first-order chi connectivity index (χ1) is 6.70. The first-order valence-corrected chi connectivity index (χ1v) is 4.86. The molecule has 78 valence electrons. The molecule has 1 aromatic heterocycles. The predicted octanol–water partition coefficient (Wildman–Crippen LogP) is 1.34. The van der Waals surface area contributed by atoms with Crippen molar-refractivity contribution < 1.29 is 9.90 Å². The molecular formula is C9H15N3O2. The Kier molecular flexibility index (Phi) is 3.62. The smallest absolute Gasteiger partial charge is 0.358 e. The number of aryl methyl sites for hydroxylation is 1. The lowest BCUT2D eigenvalue weighted by Gasteiger charge is -2.02. The number of hydrogen-bond acceptors (Lipinski definition) is 3. The van der Waals surface area contributed by atoms with Gasteiger partial charge < -0.3 is 5.11 Å². The van der Waals surface area contributed by atoms with Gasteiger partial charge in [0.2, 0.25) is 0 Å². The van der Waals surface area contributed by atoms with Crippen molar-refractivity contribution in [2.75, 3.05) is 0 Å². The third-order valence-electron chi connectivity index (χ3n) is 2.11. The Morgan fingerprint density at radius 2 is 2.21 bits per heavy atom. The van der Waals surface area contributed by atoms with Crippen molar-refractivity contribution in [1.29, 1.82) is 0 Å². The highest BCUT2D eigenvalue weighted by atomic mass is 16.4. The average Bonchev–Trinajstić information content (AvgIpc) is 2.57. The van der Waals surface area contributed by atoms with Crippen molar-refractivity contribution in [2.45, 2.75) is 39.7 Å². The van der Waals surface area contributed by atoms with E-state index >= 15 is 0 Å². The number of rotatable bonds is 5. The molecule has 0 fully saturated rings. The summed E-state index contributed by atoms with van der Waals surface area (Å²) in [6.45, 7) is 4.66. The molecular weight excluding hydrogens is 182 g/mol. The number of aromatic carboxylic acids is 1. The summed E-state index contributed by atoms with van der Waals surface area (Å²) in [4.78, 5) is 10.8. The van der Waals surface area contributed by atoms with Crippen molar-refractivity contribution in [1.82, 2.24) is 15.0 Å². The van der Waals surface area contributed by atoms with Crippen LogP contribution in [0.3, 0.4) is 0 Å². The molecule has 0 aliphatic heterocycles. The van der Waals surface area contributed by atoms with Crippen molar-refractivity contribution in [3.8, 4) is 0 Å². The van der Waals surface area contributed by atoms with Gasteiger partial charge in [0.05, 0.1) is 5.69 Å². The standard InChI is InChI=1S/C9H15N3O2/c1-3-5-6-7-8(9(13)14)10-11-12(7)4-2/h3-6H2,1-2H3,(H,13,14). The molecule has 0 aliphatic carbocycles. The maximum Gasteiger partial charge on any atom is 0.358 e. The molecule has 1 rings (SSSR count). The SMILES string of the molecule is CCCCc1c(C(=O)O)nnn1CC. The Balaban J connectivity index is 2.93. The van der Waals surface area contributed by atoms with Crippen LogP contribution >= 0.6 is 0 Å². The van der Waals surface area contributed by atoms with Crippen LogP contribution in [0.5, 0.6) is 0 Å². The van der Waals surface area contributed by atoms with E-state index in [0.717, 1.165) is 25.0 Å². The normalized spacial score (nSPS) is 10.4. The highest BCUT2D eigenvalue weighted by Gasteiger charge is 2.17. The number of carbonyl (C=O) groups is 1. The van der Waals surface area contributed by atoms with Crippen LogP contribution in [0.2, 0.25) is 0 Å². The lowest BCUT2D eigenvalue weighted by molar-refractivity contribution is 0.0689. The van der Waals surface area contributed by atoms with E-state index in [0.29, 0.717) is 6.54 Å². The highest BCUT2D eigenvalue weighted by Crippen LogP contribution is 2.09. The van der Waals surface area contributed by atoms with E-state index in [1.165, 1.54) is 0 Å². The molecule has 5 nitrogen and oxygen atoms in total. The van der Waals surface area contributed by atoms with E-state index in [2.05, 4.69) is 17.2 Å². The molecule has 0 bridgehead atoms. The first-order valence-electron chi connectivity index (χ1n) is 4.86. The number of carboxylic acid groups (broad SMARTS) is 1. The van der Waals surface area contributed by atoms with E-state index in [1.807, 2.05) is 6.92 Å². The van der Waals surface area contributed by atoms with Gasteiger partial charge in [0, 0.05) is 6.54 Å². The van der Waals surface area contributed by atoms with Crippen molar-refractivity contribution in [3.63, 3.8) is 0 Å². The Morgan fingerprint density at radius 3 is 2.71 bits per heavy atom. The third-order valence-corrected chi connectivity index (χ3v) is 2.11. The molecule has 0 spiro atoms. The minimum atomic E-state index is -0.990. The van der Waals surface area contributed by atoms with Crippen molar-refractivity contribution >= 4 is 5.97 Å². The Bertz CT molecular complexity index is 320. The van der Waals surface area contributed by atoms with Gasteiger partial charge in [-0.2, -0.15) is 0 Å². The number of aromatic nitrogens is 3. The van der Waals surface area contributed by atoms with Gasteiger partial charge >= 0.3 is 5.97 Å².